The zero-order chi connectivity index (χ0) is 21.0. The van der Waals surface area contributed by atoms with E-state index in [1.807, 2.05) is 30.3 Å². The first-order valence-corrected chi connectivity index (χ1v) is 9.76. The van der Waals surface area contributed by atoms with Gasteiger partial charge in [0.15, 0.2) is 11.5 Å². The van der Waals surface area contributed by atoms with E-state index in [0.717, 1.165) is 24.5 Å². The van der Waals surface area contributed by atoms with Crippen molar-refractivity contribution in [2.75, 3.05) is 18.5 Å². The minimum Gasteiger partial charge on any atom is -0.381 e. The lowest BCUT2D eigenvalue weighted by Crippen LogP contribution is -2.18. The van der Waals surface area contributed by atoms with E-state index in [-0.39, 0.29) is 23.4 Å². The first-order chi connectivity index (χ1) is 14.5. The summed E-state index contributed by atoms with van der Waals surface area (Å²) >= 11 is 0. The van der Waals surface area contributed by atoms with Gasteiger partial charge in [0.05, 0.1) is 6.04 Å². The van der Waals surface area contributed by atoms with Crippen LogP contribution in [0.5, 0.6) is 0 Å². The van der Waals surface area contributed by atoms with Gasteiger partial charge in [-0.25, -0.2) is 9.97 Å². The molecule has 1 N–H and O–H groups in total. The van der Waals surface area contributed by atoms with E-state index in [0.29, 0.717) is 19.1 Å². The van der Waals surface area contributed by atoms with Gasteiger partial charge in [-0.15, -0.1) is 0 Å². The summed E-state index contributed by atoms with van der Waals surface area (Å²) < 4.78 is 46.0. The number of ether oxygens (including phenoxy) is 1. The quantitative estimate of drug-likeness (QED) is 0.605. The number of rotatable bonds is 6. The molecule has 30 heavy (non-hydrogen) atoms. The Hall–Kier alpha value is -3.00. The zero-order valence-electron chi connectivity index (χ0n) is 16.1. The molecule has 1 fully saturated rings. The standard InChI is InChI=1S/C22H21F3N4O/c23-22(24,25)19-13-20(29-21(28-19)17-8-4-5-10-26-17)27-18(12-15-9-11-30-14-15)16-6-2-1-3-7-16/h1-8,10,13,15,18H,9,11-12,14H2,(H,27,28,29). The Bertz CT molecular complexity index is 961. The van der Waals surface area contributed by atoms with Crippen LogP contribution in [-0.2, 0) is 10.9 Å². The van der Waals surface area contributed by atoms with Crippen molar-refractivity contribution in [3.63, 3.8) is 0 Å². The van der Waals surface area contributed by atoms with Crippen LogP contribution in [0.3, 0.4) is 0 Å². The highest BCUT2D eigenvalue weighted by molar-refractivity contribution is 5.53. The fourth-order valence-electron chi connectivity index (χ4n) is 3.52. The second-order valence-corrected chi connectivity index (χ2v) is 7.25. The topological polar surface area (TPSA) is 59.9 Å². The Morgan fingerprint density at radius 3 is 2.53 bits per heavy atom. The van der Waals surface area contributed by atoms with Gasteiger partial charge in [-0.05, 0) is 36.5 Å². The lowest BCUT2D eigenvalue weighted by molar-refractivity contribution is -0.141. The van der Waals surface area contributed by atoms with E-state index < -0.39 is 11.9 Å². The number of nitrogens with one attached hydrogen (secondary N) is 1. The SMILES string of the molecule is FC(F)(F)c1cc(NC(CC2CCOC2)c2ccccc2)nc(-c2ccccn2)n1. The molecule has 1 aliphatic heterocycles. The molecule has 3 heterocycles. The maximum atomic E-state index is 13.5. The molecule has 2 unspecified atom stereocenters. The van der Waals surface area contributed by atoms with E-state index in [2.05, 4.69) is 20.3 Å². The molecule has 156 valence electrons. The smallest absolute Gasteiger partial charge is 0.381 e. The van der Waals surface area contributed by atoms with Gasteiger partial charge in [-0.3, -0.25) is 4.98 Å². The molecule has 1 aromatic carbocycles. The Morgan fingerprint density at radius 1 is 1.07 bits per heavy atom. The van der Waals surface area contributed by atoms with Crippen molar-refractivity contribution >= 4 is 5.82 Å². The maximum absolute atomic E-state index is 13.5. The monoisotopic (exact) mass is 414 g/mol. The fraction of sp³-hybridized carbons (Fsp3) is 0.318. The Labute approximate surface area is 172 Å². The van der Waals surface area contributed by atoms with Gasteiger partial charge < -0.3 is 10.1 Å². The molecule has 0 aliphatic carbocycles. The van der Waals surface area contributed by atoms with Crippen LogP contribution in [0.25, 0.3) is 11.5 Å². The maximum Gasteiger partial charge on any atom is 0.433 e. The van der Waals surface area contributed by atoms with Gasteiger partial charge in [0.1, 0.15) is 11.5 Å². The number of pyridine rings is 1. The molecule has 2 aromatic heterocycles. The second kappa shape index (κ2) is 8.79. The highest BCUT2D eigenvalue weighted by atomic mass is 19.4. The van der Waals surface area contributed by atoms with Gasteiger partial charge in [0.25, 0.3) is 0 Å². The third kappa shape index (κ3) is 4.94. The Balaban J connectivity index is 1.69. The van der Waals surface area contributed by atoms with Gasteiger partial charge in [0.2, 0.25) is 0 Å². The Morgan fingerprint density at radius 2 is 1.87 bits per heavy atom. The average molecular weight is 414 g/mol. The number of anilines is 1. The first kappa shape index (κ1) is 20.3. The van der Waals surface area contributed by atoms with Crippen LogP contribution in [0, 0.1) is 5.92 Å². The van der Waals surface area contributed by atoms with Crippen LogP contribution in [0.4, 0.5) is 19.0 Å². The molecule has 2 atom stereocenters. The van der Waals surface area contributed by atoms with Gasteiger partial charge in [0, 0.05) is 25.5 Å². The van der Waals surface area contributed by atoms with Gasteiger partial charge in [-0.2, -0.15) is 13.2 Å². The van der Waals surface area contributed by atoms with Crippen molar-refractivity contribution < 1.29 is 17.9 Å². The predicted molar refractivity (Wildman–Crippen MR) is 107 cm³/mol. The summed E-state index contributed by atoms with van der Waals surface area (Å²) in [5.74, 6) is 0.386. The third-order valence-corrected chi connectivity index (χ3v) is 5.03. The first-order valence-electron chi connectivity index (χ1n) is 9.76. The molecule has 4 rings (SSSR count). The fourth-order valence-corrected chi connectivity index (χ4v) is 3.52. The molecule has 0 saturated carbocycles. The van der Waals surface area contributed by atoms with E-state index in [1.54, 1.807) is 18.2 Å². The molecule has 3 aromatic rings. The zero-order valence-corrected chi connectivity index (χ0v) is 16.1. The van der Waals surface area contributed by atoms with Crippen LogP contribution in [0.15, 0.2) is 60.8 Å². The predicted octanol–water partition coefficient (Wildman–Crippen LogP) is 5.14. The summed E-state index contributed by atoms with van der Waals surface area (Å²) in [4.78, 5) is 12.1. The summed E-state index contributed by atoms with van der Waals surface area (Å²) in [5, 5.41) is 3.21. The lowest BCUT2D eigenvalue weighted by atomic mass is 9.94. The second-order valence-electron chi connectivity index (χ2n) is 7.25. The molecule has 0 spiro atoms. The number of alkyl halides is 3. The largest absolute Gasteiger partial charge is 0.433 e. The highest BCUT2D eigenvalue weighted by Gasteiger charge is 2.34. The molecule has 1 saturated heterocycles. The summed E-state index contributed by atoms with van der Waals surface area (Å²) in [5.41, 5.74) is 0.264. The molecule has 8 heteroatoms. The van der Waals surface area contributed by atoms with Crippen molar-refractivity contribution in [2.24, 2.45) is 5.92 Å². The molecule has 0 radical (unpaired) electrons. The normalized spacial score (nSPS) is 17.6. The number of aromatic nitrogens is 3. The van der Waals surface area contributed by atoms with Crippen LogP contribution < -0.4 is 5.32 Å². The molecule has 0 amide bonds. The van der Waals surface area contributed by atoms with Gasteiger partial charge >= 0.3 is 6.18 Å². The number of nitrogens with zero attached hydrogens (tertiary/aromatic N) is 3. The van der Waals surface area contributed by atoms with Gasteiger partial charge in [-0.1, -0.05) is 36.4 Å². The average Bonchev–Trinajstić information content (AvgIpc) is 3.27. The molecular formula is C22H21F3N4O. The number of hydrogen-bond acceptors (Lipinski definition) is 5. The van der Waals surface area contributed by atoms with Crippen molar-refractivity contribution in [1.82, 2.24) is 15.0 Å². The van der Waals surface area contributed by atoms with E-state index >= 15 is 0 Å². The van der Waals surface area contributed by atoms with Crippen LogP contribution in [-0.4, -0.2) is 28.2 Å². The van der Waals surface area contributed by atoms with E-state index in [9.17, 15) is 13.2 Å². The third-order valence-electron chi connectivity index (χ3n) is 5.03. The summed E-state index contributed by atoms with van der Waals surface area (Å²) in [6, 6.07) is 15.4. The molecule has 5 nitrogen and oxygen atoms in total. The van der Waals surface area contributed by atoms with Crippen LogP contribution in [0.2, 0.25) is 0 Å². The van der Waals surface area contributed by atoms with Crippen molar-refractivity contribution in [3.8, 4) is 11.5 Å². The Kier molecular flexibility index (Phi) is 5.94. The molecular weight excluding hydrogens is 393 g/mol. The molecule has 1 aliphatic rings. The minimum absolute atomic E-state index is 0.0658. The number of halogens is 3. The number of benzene rings is 1. The molecule has 0 bridgehead atoms. The van der Waals surface area contributed by atoms with E-state index in [4.69, 9.17) is 4.74 Å². The van der Waals surface area contributed by atoms with Crippen molar-refractivity contribution in [3.05, 3.63) is 72.1 Å². The summed E-state index contributed by atoms with van der Waals surface area (Å²) in [6.07, 6.45) is -1.43. The number of hydrogen-bond donors (Lipinski definition) is 1. The van der Waals surface area contributed by atoms with E-state index in [1.165, 1.54) is 6.20 Å². The van der Waals surface area contributed by atoms with Crippen LogP contribution in [0.1, 0.15) is 30.1 Å². The highest BCUT2D eigenvalue weighted by Crippen LogP contribution is 2.33. The minimum atomic E-state index is -4.59. The summed E-state index contributed by atoms with van der Waals surface area (Å²) in [7, 11) is 0. The lowest BCUT2D eigenvalue weighted by Gasteiger charge is -2.23. The van der Waals surface area contributed by atoms with Crippen molar-refractivity contribution in [2.45, 2.75) is 25.1 Å². The van der Waals surface area contributed by atoms with Crippen LogP contribution >= 0.6 is 0 Å². The summed E-state index contributed by atoms with van der Waals surface area (Å²) in [6.45, 7) is 1.36. The van der Waals surface area contributed by atoms with Crippen molar-refractivity contribution in [1.29, 1.82) is 0 Å².